The molecule has 90 valence electrons. The van der Waals surface area contributed by atoms with Crippen molar-refractivity contribution in [2.75, 3.05) is 5.73 Å². The van der Waals surface area contributed by atoms with Crippen molar-refractivity contribution < 1.29 is 4.74 Å². The van der Waals surface area contributed by atoms with Crippen LogP contribution in [0.25, 0.3) is 0 Å². The quantitative estimate of drug-likeness (QED) is 0.835. The molecular weight excluding hydrogens is 238 g/mol. The summed E-state index contributed by atoms with van der Waals surface area (Å²) in [6, 6.07) is 5.28. The molecule has 0 unspecified atom stereocenters. The SMILES string of the molecule is Cc1nn(C)c(C)c1Oc1c(N)cccc1Cl. The number of benzene rings is 1. The largest absolute Gasteiger partial charge is 0.450 e. The maximum Gasteiger partial charge on any atom is 0.171 e. The van der Waals surface area contributed by atoms with Gasteiger partial charge in [0.05, 0.1) is 16.4 Å². The Bertz CT molecular complexity index is 543. The zero-order valence-corrected chi connectivity index (χ0v) is 10.7. The molecule has 0 amide bonds. The molecule has 0 atom stereocenters. The highest BCUT2D eigenvalue weighted by atomic mass is 35.5. The summed E-state index contributed by atoms with van der Waals surface area (Å²) in [5.41, 5.74) is 8.10. The standard InChI is InChI=1S/C12H14ClN3O/c1-7-11(8(2)16(3)15-7)17-12-9(13)5-4-6-10(12)14/h4-6H,14H2,1-3H3. The van der Waals surface area contributed by atoms with Gasteiger partial charge in [0.1, 0.15) is 5.69 Å². The molecule has 5 heteroatoms. The average Bonchev–Trinajstić information content (AvgIpc) is 2.49. The first-order chi connectivity index (χ1) is 8.00. The number of aryl methyl sites for hydroxylation is 2. The lowest BCUT2D eigenvalue weighted by atomic mass is 10.3. The van der Waals surface area contributed by atoms with Crippen molar-refractivity contribution >= 4 is 17.3 Å². The summed E-state index contributed by atoms with van der Waals surface area (Å²) in [5.74, 6) is 1.18. The number of aromatic nitrogens is 2. The van der Waals surface area contributed by atoms with E-state index >= 15 is 0 Å². The summed E-state index contributed by atoms with van der Waals surface area (Å²) in [5, 5.41) is 4.77. The number of hydrogen-bond donors (Lipinski definition) is 1. The maximum absolute atomic E-state index is 6.06. The fraction of sp³-hybridized carbons (Fsp3) is 0.250. The Morgan fingerprint density at radius 3 is 2.53 bits per heavy atom. The van der Waals surface area contributed by atoms with Crippen molar-refractivity contribution in [1.29, 1.82) is 0 Å². The molecular formula is C12H14ClN3O. The smallest absolute Gasteiger partial charge is 0.171 e. The van der Waals surface area contributed by atoms with Gasteiger partial charge < -0.3 is 10.5 Å². The van der Waals surface area contributed by atoms with E-state index in [1.165, 1.54) is 0 Å². The summed E-state index contributed by atoms with van der Waals surface area (Å²) >= 11 is 6.06. The zero-order chi connectivity index (χ0) is 12.6. The number of rotatable bonds is 2. The van der Waals surface area contributed by atoms with Crippen molar-refractivity contribution in [3.63, 3.8) is 0 Å². The van der Waals surface area contributed by atoms with Crippen LogP contribution in [0, 0.1) is 13.8 Å². The molecule has 0 saturated carbocycles. The van der Waals surface area contributed by atoms with Gasteiger partial charge in [-0.3, -0.25) is 4.68 Å². The van der Waals surface area contributed by atoms with Crippen LogP contribution in [0.5, 0.6) is 11.5 Å². The molecule has 0 spiro atoms. The predicted molar refractivity (Wildman–Crippen MR) is 68.6 cm³/mol. The number of anilines is 1. The molecule has 0 aliphatic carbocycles. The van der Waals surface area contributed by atoms with Gasteiger partial charge in [0.25, 0.3) is 0 Å². The molecule has 0 bridgehead atoms. The van der Waals surface area contributed by atoms with Crippen LogP contribution in [-0.2, 0) is 7.05 Å². The third kappa shape index (κ3) is 2.08. The molecule has 1 aromatic heterocycles. The van der Waals surface area contributed by atoms with Crippen molar-refractivity contribution in [2.45, 2.75) is 13.8 Å². The average molecular weight is 252 g/mol. The topological polar surface area (TPSA) is 53.1 Å². The van der Waals surface area contributed by atoms with Crippen molar-refractivity contribution in [1.82, 2.24) is 9.78 Å². The summed E-state index contributed by atoms with van der Waals surface area (Å²) < 4.78 is 7.54. The maximum atomic E-state index is 6.06. The Morgan fingerprint density at radius 2 is 2.00 bits per heavy atom. The predicted octanol–water partition coefficient (Wildman–Crippen LogP) is 3.06. The first kappa shape index (κ1) is 11.8. The van der Waals surface area contributed by atoms with Gasteiger partial charge in [0, 0.05) is 7.05 Å². The number of nitrogens with two attached hydrogens (primary N) is 1. The van der Waals surface area contributed by atoms with Crippen molar-refractivity contribution in [3.05, 3.63) is 34.6 Å². The summed E-state index contributed by atoms with van der Waals surface area (Å²) in [6.07, 6.45) is 0. The van der Waals surface area contributed by atoms with E-state index in [2.05, 4.69) is 5.10 Å². The number of ether oxygens (including phenoxy) is 1. The second kappa shape index (κ2) is 4.30. The van der Waals surface area contributed by atoms with Crippen LogP contribution >= 0.6 is 11.6 Å². The fourth-order valence-electron chi connectivity index (χ4n) is 1.64. The first-order valence-corrected chi connectivity index (χ1v) is 5.60. The molecule has 1 heterocycles. The molecule has 2 rings (SSSR count). The number of halogens is 1. The van der Waals surface area contributed by atoms with Gasteiger partial charge in [-0.05, 0) is 26.0 Å². The Labute approximate surface area is 105 Å². The fourth-order valence-corrected chi connectivity index (χ4v) is 1.86. The summed E-state index contributed by atoms with van der Waals surface area (Å²) in [6.45, 7) is 3.82. The van der Waals surface area contributed by atoms with Gasteiger partial charge in [-0.25, -0.2) is 0 Å². The first-order valence-electron chi connectivity index (χ1n) is 5.22. The van der Waals surface area contributed by atoms with Gasteiger partial charge in [0.2, 0.25) is 0 Å². The normalized spacial score (nSPS) is 10.6. The van der Waals surface area contributed by atoms with Crippen LogP contribution in [-0.4, -0.2) is 9.78 Å². The van der Waals surface area contributed by atoms with E-state index in [4.69, 9.17) is 22.1 Å². The van der Waals surface area contributed by atoms with Crippen LogP contribution in [0.1, 0.15) is 11.4 Å². The second-order valence-electron chi connectivity index (χ2n) is 3.88. The second-order valence-corrected chi connectivity index (χ2v) is 4.29. The lowest BCUT2D eigenvalue weighted by molar-refractivity contribution is 0.476. The van der Waals surface area contributed by atoms with Crippen LogP contribution in [0.4, 0.5) is 5.69 Å². The van der Waals surface area contributed by atoms with E-state index in [-0.39, 0.29) is 0 Å². The van der Waals surface area contributed by atoms with Gasteiger partial charge in [0.15, 0.2) is 11.5 Å². The molecule has 0 fully saturated rings. The lowest BCUT2D eigenvalue weighted by Crippen LogP contribution is -1.95. The number of nitrogen functional groups attached to an aromatic ring is 1. The minimum absolute atomic E-state index is 0.480. The van der Waals surface area contributed by atoms with Gasteiger partial charge in [-0.15, -0.1) is 0 Å². The minimum atomic E-state index is 0.480. The van der Waals surface area contributed by atoms with E-state index in [0.29, 0.717) is 22.2 Å². The summed E-state index contributed by atoms with van der Waals surface area (Å²) in [7, 11) is 1.87. The molecule has 17 heavy (non-hydrogen) atoms. The minimum Gasteiger partial charge on any atom is -0.450 e. The third-order valence-corrected chi connectivity index (χ3v) is 2.94. The van der Waals surface area contributed by atoms with Crippen LogP contribution < -0.4 is 10.5 Å². The van der Waals surface area contributed by atoms with Gasteiger partial charge >= 0.3 is 0 Å². The Hall–Kier alpha value is -1.68. The molecule has 1 aromatic carbocycles. The van der Waals surface area contributed by atoms with E-state index in [0.717, 1.165) is 11.4 Å². The Balaban J connectivity index is 2.45. The highest BCUT2D eigenvalue weighted by molar-refractivity contribution is 6.32. The molecule has 2 aromatic rings. The summed E-state index contributed by atoms with van der Waals surface area (Å²) in [4.78, 5) is 0. The number of hydrogen-bond acceptors (Lipinski definition) is 3. The van der Waals surface area contributed by atoms with E-state index in [1.807, 2.05) is 20.9 Å². The zero-order valence-electron chi connectivity index (χ0n) is 9.99. The molecule has 4 nitrogen and oxygen atoms in total. The van der Waals surface area contributed by atoms with Gasteiger partial charge in [-0.1, -0.05) is 17.7 Å². The van der Waals surface area contributed by atoms with E-state index in [1.54, 1.807) is 22.9 Å². The van der Waals surface area contributed by atoms with E-state index < -0.39 is 0 Å². The van der Waals surface area contributed by atoms with Crippen LogP contribution in [0.15, 0.2) is 18.2 Å². The molecule has 0 radical (unpaired) electrons. The van der Waals surface area contributed by atoms with Crippen LogP contribution in [0.3, 0.4) is 0 Å². The molecule has 0 saturated heterocycles. The van der Waals surface area contributed by atoms with Crippen LogP contribution in [0.2, 0.25) is 5.02 Å². The Kier molecular flexibility index (Phi) is 2.98. The Morgan fingerprint density at radius 1 is 1.29 bits per heavy atom. The lowest BCUT2D eigenvalue weighted by Gasteiger charge is -2.10. The van der Waals surface area contributed by atoms with Crippen molar-refractivity contribution in [2.24, 2.45) is 7.05 Å². The van der Waals surface area contributed by atoms with Gasteiger partial charge in [-0.2, -0.15) is 5.10 Å². The monoisotopic (exact) mass is 251 g/mol. The molecule has 0 aliphatic heterocycles. The third-order valence-electron chi connectivity index (χ3n) is 2.64. The molecule has 0 aliphatic rings. The highest BCUT2D eigenvalue weighted by Crippen LogP contribution is 2.36. The molecule has 2 N–H and O–H groups in total. The van der Waals surface area contributed by atoms with Crippen molar-refractivity contribution in [3.8, 4) is 11.5 Å². The van der Waals surface area contributed by atoms with E-state index in [9.17, 15) is 0 Å². The number of nitrogens with zero attached hydrogens (tertiary/aromatic N) is 2. The number of para-hydroxylation sites is 1. The highest BCUT2D eigenvalue weighted by Gasteiger charge is 2.14.